The standard InChI is InChI=1S/C22H27N3O6S/c1-4-5-10-17(22(28)31-25-20(26)13-14-21(25)27)23-32(29,30)19-12-7-8-15-16(19)9-6-11-18(15)24(2)3/h6-9,11-12,17,23H,4-5,10,13-14H2,1-3H3. The topological polar surface area (TPSA) is 113 Å². The van der Waals surface area contributed by atoms with Crippen LogP contribution in [0.5, 0.6) is 0 Å². The molecule has 1 fully saturated rings. The van der Waals surface area contributed by atoms with Gasteiger partial charge in [0, 0.05) is 43.4 Å². The molecule has 1 atom stereocenters. The molecule has 0 bridgehead atoms. The summed E-state index contributed by atoms with van der Waals surface area (Å²) < 4.78 is 29.0. The number of nitrogens with zero attached hydrogens (tertiary/aromatic N) is 2. The number of sulfonamides is 1. The predicted octanol–water partition coefficient (Wildman–Crippen LogP) is 2.35. The maximum atomic E-state index is 13.3. The molecular weight excluding hydrogens is 434 g/mol. The van der Waals surface area contributed by atoms with E-state index >= 15 is 0 Å². The summed E-state index contributed by atoms with van der Waals surface area (Å²) in [6.07, 6.45) is 1.35. The summed E-state index contributed by atoms with van der Waals surface area (Å²) >= 11 is 0. The number of imide groups is 1. The second-order valence-corrected chi connectivity index (χ2v) is 9.51. The zero-order chi connectivity index (χ0) is 23.5. The lowest BCUT2D eigenvalue weighted by molar-refractivity contribution is -0.198. The van der Waals surface area contributed by atoms with Gasteiger partial charge >= 0.3 is 5.97 Å². The Kier molecular flexibility index (Phi) is 7.15. The third kappa shape index (κ3) is 4.91. The van der Waals surface area contributed by atoms with Crippen molar-refractivity contribution in [3.05, 3.63) is 36.4 Å². The van der Waals surface area contributed by atoms with Crippen LogP contribution in [-0.2, 0) is 29.2 Å². The van der Waals surface area contributed by atoms with Crippen molar-refractivity contribution in [2.45, 2.75) is 50.0 Å². The number of carbonyl (C=O) groups is 3. The van der Waals surface area contributed by atoms with Crippen molar-refractivity contribution in [3.63, 3.8) is 0 Å². The Morgan fingerprint density at radius 3 is 2.34 bits per heavy atom. The Hall–Kier alpha value is -2.98. The third-order valence-corrected chi connectivity index (χ3v) is 6.78. The Bertz CT molecular complexity index is 1130. The average molecular weight is 462 g/mol. The van der Waals surface area contributed by atoms with Gasteiger partial charge in [0.15, 0.2) is 0 Å². The van der Waals surface area contributed by atoms with Crippen LogP contribution in [0, 0.1) is 0 Å². The molecule has 1 N–H and O–H groups in total. The van der Waals surface area contributed by atoms with Crippen molar-refractivity contribution >= 4 is 44.3 Å². The number of benzene rings is 2. The van der Waals surface area contributed by atoms with Gasteiger partial charge in [0.25, 0.3) is 11.8 Å². The number of rotatable bonds is 9. The number of nitrogens with one attached hydrogen (secondary N) is 1. The number of unbranched alkanes of at least 4 members (excludes halogenated alkanes) is 1. The largest absolute Gasteiger partial charge is 0.377 e. The van der Waals surface area contributed by atoms with E-state index in [1.165, 1.54) is 6.07 Å². The van der Waals surface area contributed by atoms with Crippen LogP contribution >= 0.6 is 0 Å². The molecule has 1 unspecified atom stereocenters. The van der Waals surface area contributed by atoms with Crippen LogP contribution in [0.1, 0.15) is 39.0 Å². The maximum Gasteiger partial charge on any atom is 0.350 e. The lowest BCUT2D eigenvalue weighted by Gasteiger charge is -2.21. The summed E-state index contributed by atoms with van der Waals surface area (Å²) in [5, 5.41) is 1.69. The number of anilines is 1. The summed E-state index contributed by atoms with van der Waals surface area (Å²) in [5.74, 6) is -2.23. The smallest absolute Gasteiger partial charge is 0.350 e. The Morgan fingerprint density at radius 1 is 1.09 bits per heavy atom. The highest BCUT2D eigenvalue weighted by Gasteiger charge is 2.36. The minimum atomic E-state index is -4.12. The molecule has 0 spiro atoms. The zero-order valence-electron chi connectivity index (χ0n) is 18.3. The van der Waals surface area contributed by atoms with Crippen molar-refractivity contribution in [2.24, 2.45) is 0 Å². The maximum absolute atomic E-state index is 13.3. The van der Waals surface area contributed by atoms with E-state index < -0.39 is 33.8 Å². The second-order valence-electron chi connectivity index (χ2n) is 7.83. The van der Waals surface area contributed by atoms with Gasteiger partial charge in [-0.3, -0.25) is 9.59 Å². The number of amides is 2. The molecule has 0 saturated carbocycles. The molecule has 2 aromatic rings. The molecule has 3 rings (SSSR count). The lowest BCUT2D eigenvalue weighted by Crippen LogP contribution is -2.45. The fraction of sp³-hybridized carbons (Fsp3) is 0.409. The van der Waals surface area contributed by atoms with Gasteiger partial charge < -0.3 is 9.74 Å². The van der Waals surface area contributed by atoms with Gasteiger partial charge in [0.05, 0.1) is 4.90 Å². The van der Waals surface area contributed by atoms with E-state index in [9.17, 15) is 22.8 Å². The van der Waals surface area contributed by atoms with Crippen molar-refractivity contribution in [1.82, 2.24) is 9.79 Å². The molecule has 0 radical (unpaired) electrons. The van der Waals surface area contributed by atoms with E-state index in [4.69, 9.17) is 4.84 Å². The summed E-state index contributed by atoms with van der Waals surface area (Å²) in [6, 6.07) is 9.06. The molecule has 10 heteroatoms. The Labute approximate surface area is 187 Å². The van der Waals surface area contributed by atoms with Crippen LogP contribution in [-0.4, -0.2) is 51.4 Å². The van der Waals surface area contributed by atoms with Crippen molar-refractivity contribution in [3.8, 4) is 0 Å². The normalized spacial score (nSPS) is 15.3. The summed E-state index contributed by atoms with van der Waals surface area (Å²) in [7, 11) is -0.388. The number of hydroxylamine groups is 2. The van der Waals surface area contributed by atoms with E-state index in [1.54, 1.807) is 18.2 Å². The minimum absolute atomic E-state index is 0.0290. The number of carbonyl (C=O) groups excluding carboxylic acids is 3. The van der Waals surface area contributed by atoms with Gasteiger partial charge in [-0.15, -0.1) is 5.06 Å². The van der Waals surface area contributed by atoms with E-state index in [-0.39, 0.29) is 24.2 Å². The first-order valence-electron chi connectivity index (χ1n) is 10.4. The monoisotopic (exact) mass is 461 g/mol. The highest BCUT2D eigenvalue weighted by Crippen LogP contribution is 2.30. The average Bonchev–Trinajstić information content (AvgIpc) is 3.07. The zero-order valence-corrected chi connectivity index (χ0v) is 19.1. The number of hydrogen-bond acceptors (Lipinski definition) is 7. The van der Waals surface area contributed by atoms with Gasteiger partial charge in [-0.25, -0.2) is 13.2 Å². The van der Waals surface area contributed by atoms with Gasteiger partial charge in [0.1, 0.15) is 6.04 Å². The first kappa shape index (κ1) is 23.7. The highest BCUT2D eigenvalue weighted by molar-refractivity contribution is 7.89. The van der Waals surface area contributed by atoms with E-state index in [1.807, 2.05) is 38.1 Å². The van der Waals surface area contributed by atoms with Gasteiger partial charge in [0.2, 0.25) is 10.0 Å². The lowest BCUT2D eigenvalue weighted by atomic mass is 10.1. The molecule has 0 aliphatic carbocycles. The number of hydrogen-bond donors (Lipinski definition) is 1. The van der Waals surface area contributed by atoms with Crippen molar-refractivity contribution in [2.75, 3.05) is 19.0 Å². The SMILES string of the molecule is CCCCC(NS(=O)(=O)c1cccc2c(N(C)C)cccc12)C(=O)ON1C(=O)CCC1=O. The predicted molar refractivity (Wildman–Crippen MR) is 119 cm³/mol. The van der Waals surface area contributed by atoms with Crippen molar-refractivity contribution in [1.29, 1.82) is 0 Å². The molecule has 9 nitrogen and oxygen atoms in total. The van der Waals surface area contributed by atoms with E-state index in [0.717, 1.165) is 11.1 Å². The summed E-state index contributed by atoms with van der Waals surface area (Å²) in [5.41, 5.74) is 0.854. The van der Waals surface area contributed by atoms with Crippen LogP contribution in [0.25, 0.3) is 10.8 Å². The van der Waals surface area contributed by atoms with Crippen LogP contribution in [0.3, 0.4) is 0 Å². The molecule has 2 aromatic carbocycles. The quantitative estimate of drug-likeness (QED) is 0.570. The molecule has 172 valence electrons. The molecular formula is C22H27N3O6S. The van der Waals surface area contributed by atoms with Crippen LogP contribution in [0.4, 0.5) is 5.69 Å². The number of fused-ring (bicyclic) bond motifs is 1. The van der Waals surface area contributed by atoms with Gasteiger partial charge in [-0.2, -0.15) is 4.72 Å². The summed E-state index contributed by atoms with van der Waals surface area (Å²) in [4.78, 5) is 43.2. The molecule has 2 amide bonds. The Balaban J connectivity index is 1.92. The molecule has 1 aliphatic rings. The molecule has 1 heterocycles. The fourth-order valence-electron chi connectivity index (χ4n) is 3.58. The second kappa shape index (κ2) is 9.66. The summed E-state index contributed by atoms with van der Waals surface area (Å²) in [6.45, 7) is 1.90. The van der Waals surface area contributed by atoms with Gasteiger partial charge in [-0.05, 0) is 18.6 Å². The Morgan fingerprint density at radius 2 is 1.72 bits per heavy atom. The van der Waals surface area contributed by atoms with E-state index in [0.29, 0.717) is 23.3 Å². The van der Waals surface area contributed by atoms with Crippen LogP contribution in [0.2, 0.25) is 0 Å². The molecule has 1 saturated heterocycles. The van der Waals surface area contributed by atoms with E-state index in [2.05, 4.69) is 4.72 Å². The third-order valence-electron chi connectivity index (χ3n) is 5.25. The molecule has 32 heavy (non-hydrogen) atoms. The highest BCUT2D eigenvalue weighted by atomic mass is 32.2. The first-order valence-corrected chi connectivity index (χ1v) is 11.9. The molecule has 0 aromatic heterocycles. The minimum Gasteiger partial charge on any atom is -0.377 e. The molecule has 1 aliphatic heterocycles. The first-order chi connectivity index (χ1) is 15.2. The fourth-order valence-corrected chi connectivity index (χ4v) is 5.03. The van der Waals surface area contributed by atoms with Crippen molar-refractivity contribution < 1.29 is 27.6 Å². The van der Waals surface area contributed by atoms with Crippen LogP contribution < -0.4 is 9.62 Å². The van der Waals surface area contributed by atoms with Crippen LogP contribution in [0.15, 0.2) is 41.3 Å². The van der Waals surface area contributed by atoms with Gasteiger partial charge in [-0.1, -0.05) is 44.0 Å².